The molecule has 0 aromatic rings. The third kappa shape index (κ3) is 11.2. The fourth-order valence-electron chi connectivity index (χ4n) is 0.981. The Kier molecular flexibility index (Phi) is 17.4. The molecule has 0 aliphatic carbocycles. The maximum Gasteiger partial charge on any atom is 0.352 e. The number of carboxylic acids is 2. The Hall–Kier alpha value is 0.0234. The number of carboxylic acid groups (broad SMARTS) is 2. The molecule has 0 spiro atoms. The van der Waals surface area contributed by atoms with Gasteiger partial charge in [-0.3, -0.25) is 11.7 Å². The first-order valence-electron chi connectivity index (χ1n) is 5.98. The minimum Gasteiger partial charge on any atom is -0.478 e. The van der Waals surface area contributed by atoms with Crippen molar-refractivity contribution in [3.63, 3.8) is 0 Å². The van der Waals surface area contributed by atoms with E-state index in [0.29, 0.717) is 11.5 Å². The average molecular weight is 426 g/mol. The van der Waals surface area contributed by atoms with Crippen molar-refractivity contribution < 1.29 is 49.5 Å². The number of aliphatic carboxylic acids is 2. The van der Waals surface area contributed by atoms with Gasteiger partial charge in [-0.1, -0.05) is 0 Å². The summed E-state index contributed by atoms with van der Waals surface area (Å²) in [5, 5.41) is 35.3. The summed E-state index contributed by atoms with van der Waals surface area (Å²) in [6, 6.07) is 0. The van der Waals surface area contributed by atoms with Crippen LogP contribution in [0.4, 0.5) is 0 Å². The van der Waals surface area contributed by atoms with Gasteiger partial charge in [0.1, 0.15) is 0 Å². The van der Waals surface area contributed by atoms with Crippen LogP contribution < -0.4 is 22.5 Å². The van der Waals surface area contributed by atoms with Gasteiger partial charge >= 0.3 is 11.9 Å². The third-order valence-corrected chi connectivity index (χ3v) is 3.75. The Balaban J connectivity index is -0.000000333. The van der Waals surface area contributed by atoms with Gasteiger partial charge in [-0.2, -0.15) is 23.5 Å². The Morgan fingerprint density at radius 2 is 1.17 bits per heavy atom. The van der Waals surface area contributed by atoms with E-state index in [1.165, 1.54) is 23.5 Å². The summed E-state index contributed by atoms with van der Waals surface area (Å²) in [5.74, 6) is 8.08. The Morgan fingerprint density at radius 1 is 0.913 bits per heavy atom. The summed E-state index contributed by atoms with van der Waals surface area (Å²) < 4.78 is 0. The Morgan fingerprint density at radius 3 is 1.30 bits per heavy atom. The Labute approximate surface area is 155 Å². The summed E-state index contributed by atoms with van der Waals surface area (Å²) >= 11 is 2.88. The van der Waals surface area contributed by atoms with Crippen LogP contribution in [0.15, 0.2) is 0 Å². The maximum atomic E-state index is 10.4. The van der Waals surface area contributed by atoms with Gasteiger partial charge in [0, 0.05) is 32.3 Å². The van der Waals surface area contributed by atoms with E-state index < -0.39 is 23.4 Å². The molecular weight excluding hydrogens is 402 g/mol. The number of carbonyl (C=O) groups is 2. The number of hydrogen-bond acceptors (Lipinski definition) is 10. The second-order valence-electron chi connectivity index (χ2n) is 4.11. The molecule has 23 heavy (non-hydrogen) atoms. The summed E-state index contributed by atoms with van der Waals surface area (Å²) in [6.07, 6.45) is 3.80. The van der Waals surface area contributed by atoms with Crippen molar-refractivity contribution in [2.24, 2.45) is 11.7 Å². The smallest absolute Gasteiger partial charge is 0.352 e. The van der Waals surface area contributed by atoms with E-state index in [1.807, 2.05) is 23.4 Å². The average Bonchev–Trinajstić information content (AvgIpc) is 2.50. The fraction of sp³-hybridized carbons (Fsp3) is 0.800. The normalized spacial score (nSPS) is 15.2. The van der Waals surface area contributed by atoms with Crippen molar-refractivity contribution in [2.45, 2.75) is 24.3 Å². The van der Waals surface area contributed by atoms with E-state index in [9.17, 15) is 19.8 Å². The van der Waals surface area contributed by atoms with Gasteiger partial charge < -0.3 is 20.4 Å². The molecule has 0 saturated carbocycles. The summed E-state index contributed by atoms with van der Waals surface area (Å²) in [4.78, 5) is 20.7. The largest absolute Gasteiger partial charge is 0.478 e. The molecule has 0 radical (unpaired) electrons. The van der Waals surface area contributed by atoms with E-state index in [4.69, 9.17) is 21.9 Å². The number of hydrazine groups is 2. The zero-order valence-electron chi connectivity index (χ0n) is 13.1. The van der Waals surface area contributed by atoms with Crippen LogP contribution in [0.1, 0.15) is 12.8 Å². The van der Waals surface area contributed by atoms with Gasteiger partial charge in [0.15, 0.2) is 0 Å². The standard InChI is InChI=1S/2C5H12N2O3S.Zn/c2*1-11-3-2-5(10,7-6)4(8)9;/h2*7,10H,2-3,6H2,1H3,(H,8,9);/t2*5-;/m11./s1. The molecule has 0 aliphatic heterocycles. The predicted molar refractivity (Wildman–Crippen MR) is 85.8 cm³/mol. The Bertz CT molecular complexity index is 325. The summed E-state index contributed by atoms with van der Waals surface area (Å²) in [5.41, 5.74) is -0.256. The molecule has 0 saturated heterocycles. The molecule has 0 unspecified atom stereocenters. The first kappa shape index (κ1) is 27.9. The number of nitrogens with one attached hydrogen (secondary N) is 2. The minimum atomic E-state index is -1.98. The first-order chi connectivity index (χ1) is 10.1. The molecular formula is C10H24N4O6S2Zn. The summed E-state index contributed by atoms with van der Waals surface area (Å²) in [6.45, 7) is 0. The predicted octanol–water partition coefficient (Wildman–Crippen LogP) is -2.05. The van der Waals surface area contributed by atoms with Crippen LogP contribution in [-0.4, -0.2) is 67.8 Å². The van der Waals surface area contributed by atoms with E-state index in [1.54, 1.807) is 0 Å². The van der Waals surface area contributed by atoms with E-state index in [0.717, 1.165) is 0 Å². The molecule has 10 nitrogen and oxygen atoms in total. The van der Waals surface area contributed by atoms with Crippen LogP contribution in [-0.2, 0) is 29.1 Å². The van der Waals surface area contributed by atoms with Gasteiger partial charge in [0.2, 0.25) is 11.4 Å². The number of nitrogens with two attached hydrogens (primary N) is 2. The van der Waals surface area contributed by atoms with Gasteiger partial charge in [0.25, 0.3) is 0 Å². The monoisotopic (exact) mass is 424 g/mol. The molecule has 0 rings (SSSR count). The molecule has 2 atom stereocenters. The molecule has 0 aromatic carbocycles. The van der Waals surface area contributed by atoms with Crippen LogP contribution >= 0.6 is 23.5 Å². The van der Waals surface area contributed by atoms with Crippen molar-refractivity contribution in [2.75, 3.05) is 24.0 Å². The van der Waals surface area contributed by atoms with Crippen LogP contribution in [0.5, 0.6) is 0 Å². The molecule has 10 N–H and O–H groups in total. The van der Waals surface area contributed by atoms with Crippen LogP contribution in [0, 0.1) is 0 Å². The number of aliphatic hydroxyl groups is 2. The van der Waals surface area contributed by atoms with E-state index in [-0.39, 0.29) is 32.3 Å². The molecule has 134 valence electrons. The quantitative estimate of drug-likeness (QED) is 0.0827. The SMILES string of the molecule is CSCC[C@](O)(NN)C(=O)O.CSCC[C@](O)(NN)C(=O)O.[Zn]. The number of rotatable bonds is 10. The topological polar surface area (TPSA) is 191 Å². The maximum absolute atomic E-state index is 10.4. The zero-order chi connectivity index (χ0) is 17.8. The molecule has 0 bridgehead atoms. The van der Waals surface area contributed by atoms with E-state index in [2.05, 4.69) is 0 Å². The molecule has 0 aliphatic rings. The van der Waals surface area contributed by atoms with Gasteiger partial charge in [-0.15, -0.1) is 0 Å². The molecule has 13 heteroatoms. The van der Waals surface area contributed by atoms with Crippen molar-refractivity contribution in [1.29, 1.82) is 0 Å². The number of thioether (sulfide) groups is 2. The first-order valence-corrected chi connectivity index (χ1v) is 8.77. The van der Waals surface area contributed by atoms with Crippen molar-refractivity contribution in [3.05, 3.63) is 0 Å². The van der Waals surface area contributed by atoms with Gasteiger partial charge in [-0.25, -0.2) is 20.4 Å². The minimum absolute atomic E-state index is 0. The van der Waals surface area contributed by atoms with Crippen LogP contribution in [0.25, 0.3) is 0 Å². The molecule has 0 fully saturated rings. The van der Waals surface area contributed by atoms with Gasteiger partial charge in [-0.05, 0) is 24.0 Å². The fourth-order valence-corrected chi connectivity index (χ4v) is 1.98. The van der Waals surface area contributed by atoms with Crippen LogP contribution in [0.2, 0.25) is 0 Å². The zero-order valence-corrected chi connectivity index (χ0v) is 17.7. The molecule has 0 heterocycles. The van der Waals surface area contributed by atoms with Gasteiger partial charge in [0.05, 0.1) is 0 Å². The second kappa shape index (κ2) is 14.4. The third-order valence-electron chi connectivity index (χ3n) is 2.52. The van der Waals surface area contributed by atoms with Crippen molar-refractivity contribution in [1.82, 2.24) is 10.9 Å². The molecule has 0 amide bonds. The van der Waals surface area contributed by atoms with Crippen molar-refractivity contribution in [3.8, 4) is 0 Å². The second-order valence-corrected chi connectivity index (χ2v) is 6.08. The van der Waals surface area contributed by atoms with Crippen LogP contribution in [0.3, 0.4) is 0 Å². The summed E-state index contributed by atoms with van der Waals surface area (Å²) in [7, 11) is 0. The number of hydrogen-bond donors (Lipinski definition) is 8. The molecule has 0 aromatic heterocycles. The van der Waals surface area contributed by atoms with Crippen molar-refractivity contribution >= 4 is 35.5 Å². The van der Waals surface area contributed by atoms with E-state index >= 15 is 0 Å².